The van der Waals surface area contributed by atoms with Crippen molar-refractivity contribution in [1.82, 2.24) is 9.84 Å². The lowest BCUT2D eigenvalue weighted by molar-refractivity contribution is 0.0697. The number of rotatable bonds is 4. The van der Waals surface area contributed by atoms with Crippen LogP contribution in [0.3, 0.4) is 0 Å². The van der Waals surface area contributed by atoms with Crippen molar-refractivity contribution in [2.24, 2.45) is 0 Å². The molecule has 21 heavy (non-hydrogen) atoms. The summed E-state index contributed by atoms with van der Waals surface area (Å²) in [4.78, 5) is 13.2. The van der Waals surface area contributed by atoms with Crippen LogP contribution in [0.5, 0.6) is 0 Å². The summed E-state index contributed by atoms with van der Waals surface area (Å²) < 4.78 is 24.7. The Balaban J connectivity index is 2.36. The van der Waals surface area contributed by atoms with Gasteiger partial charge in [0.25, 0.3) is 10.0 Å². The van der Waals surface area contributed by atoms with Crippen LogP contribution in [-0.2, 0) is 10.0 Å². The first-order chi connectivity index (χ1) is 9.83. The first kappa shape index (κ1) is 16.5. The van der Waals surface area contributed by atoms with E-state index in [1.165, 1.54) is 12.1 Å². The van der Waals surface area contributed by atoms with Crippen molar-refractivity contribution in [2.75, 3.05) is 13.1 Å². The number of nitrogens with zero attached hydrogens (tertiary/aromatic N) is 1. The minimum atomic E-state index is -3.94. The fourth-order valence-electron chi connectivity index (χ4n) is 2.14. The van der Waals surface area contributed by atoms with E-state index in [0.29, 0.717) is 13.1 Å². The number of benzene rings is 1. The van der Waals surface area contributed by atoms with Crippen molar-refractivity contribution in [3.05, 3.63) is 27.7 Å². The van der Waals surface area contributed by atoms with Gasteiger partial charge in [-0.05, 0) is 25.0 Å². The van der Waals surface area contributed by atoms with E-state index in [1.807, 2.05) is 0 Å². The summed E-state index contributed by atoms with van der Waals surface area (Å²) in [5, 5.41) is 10.2. The molecule has 1 fully saturated rings. The number of hydrogen-bond acceptors (Lipinski definition) is 4. The number of sulfonamides is 1. The summed E-state index contributed by atoms with van der Waals surface area (Å²) in [6, 6.07) is 2.41. The van der Waals surface area contributed by atoms with E-state index in [4.69, 9.17) is 28.3 Å². The zero-order valence-corrected chi connectivity index (χ0v) is 13.3. The summed E-state index contributed by atoms with van der Waals surface area (Å²) >= 11 is 11.7. The number of piperidine rings is 1. The van der Waals surface area contributed by atoms with Gasteiger partial charge in [0, 0.05) is 13.1 Å². The van der Waals surface area contributed by atoms with Crippen molar-refractivity contribution < 1.29 is 18.3 Å². The molecule has 2 N–H and O–H groups in total. The number of carboxylic acids is 1. The molecule has 0 spiro atoms. The third-order valence-electron chi connectivity index (χ3n) is 3.16. The summed E-state index contributed by atoms with van der Waals surface area (Å²) in [6.07, 6.45) is 2.86. The smallest absolute Gasteiger partial charge is 0.338 e. The normalized spacial score (nSPS) is 16.9. The molecule has 1 aliphatic rings. The quantitative estimate of drug-likeness (QED) is 0.868. The van der Waals surface area contributed by atoms with Gasteiger partial charge in [0.05, 0.1) is 15.6 Å². The van der Waals surface area contributed by atoms with Gasteiger partial charge in [-0.3, -0.25) is 0 Å². The molecule has 0 radical (unpaired) electrons. The second kappa shape index (κ2) is 6.50. The number of hydrazine groups is 1. The van der Waals surface area contributed by atoms with Crippen LogP contribution in [0, 0.1) is 0 Å². The van der Waals surface area contributed by atoms with E-state index in [0.717, 1.165) is 19.3 Å². The van der Waals surface area contributed by atoms with Crippen LogP contribution in [0.25, 0.3) is 0 Å². The highest BCUT2D eigenvalue weighted by atomic mass is 35.5. The largest absolute Gasteiger partial charge is 0.478 e. The standard InChI is InChI=1S/C12H14Cl2N2O4S/c13-8-4-5-9(11(14)10(8)12(17)18)21(19,20)15-16-6-2-1-3-7-16/h4-5,15H,1-3,6-7H2,(H,17,18). The predicted molar refractivity (Wildman–Crippen MR) is 79.2 cm³/mol. The highest BCUT2D eigenvalue weighted by molar-refractivity contribution is 7.89. The molecule has 0 aromatic heterocycles. The Hall–Kier alpha value is -0.860. The molecule has 0 bridgehead atoms. The Morgan fingerprint density at radius 1 is 1.19 bits per heavy atom. The van der Waals surface area contributed by atoms with E-state index < -0.39 is 21.6 Å². The highest BCUT2D eigenvalue weighted by Crippen LogP contribution is 2.31. The molecule has 0 amide bonds. The predicted octanol–water partition coefficient (Wildman–Crippen LogP) is 2.37. The van der Waals surface area contributed by atoms with E-state index in [2.05, 4.69) is 4.83 Å². The SMILES string of the molecule is O=C(O)c1c(Cl)ccc(S(=O)(=O)NN2CCCCC2)c1Cl. The van der Waals surface area contributed by atoms with Crippen LogP contribution in [0.2, 0.25) is 10.0 Å². The van der Waals surface area contributed by atoms with Crippen molar-refractivity contribution >= 4 is 39.2 Å². The fraction of sp³-hybridized carbons (Fsp3) is 0.417. The fourth-order valence-corrected chi connectivity index (χ4v) is 4.18. The van der Waals surface area contributed by atoms with E-state index in [9.17, 15) is 13.2 Å². The third kappa shape index (κ3) is 3.67. The second-order valence-electron chi connectivity index (χ2n) is 4.68. The van der Waals surface area contributed by atoms with Crippen LogP contribution in [-0.4, -0.2) is 37.6 Å². The molecule has 116 valence electrons. The Labute approximate surface area is 132 Å². The van der Waals surface area contributed by atoms with E-state index in [1.54, 1.807) is 5.01 Å². The van der Waals surface area contributed by atoms with Crippen LogP contribution in [0.15, 0.2) is 17.0 Å². The van der Waals surface area contributed by atoms with Crippen molar-refractivity contribution in [3.63, 3.8) is 0 Å². The number of hydrogen-bond donors (Lipinski definition) is 2. The molecule has 0 aliphatic carbocycles. The summed E-state index contributed by atoms with van der Waals surface area (Å²) in [5.41, 5.74) is -0.417. The second-order valence-corrected chi connectivity index (χ2v) is 7.10. The first-order valence-electron chi connectivity index (χ1n) is 6.31. The molecule has 2 rings (SSSR count). The Kier molecular flexibility index (Phi) is 5.11. The first-order valence-corrected chi connectivity index (χ1v) is 8.55. The lowest BCUT2D eigenvalue weighted by Crippen LogP contribution is -2.45. The minimum Gasteiger partial charge on any atom is -0.478 e. The van der Waals surface area contributed by atoms with Crippen molar-refractivity contribution in [3.8, 4) is 0 Å². The van der Waals surface area contributed by atoms with Gasteiger partial charge in [-0.15, -0.1) is 4.83 Å². The van der Waals surface area contributed by atoms with Crippen LogP contribution in [0.4, 0.5) is 0 Å². The zero-order chi connectivity index (χ0) is 15.6. The Bertz CT molecular complexity index is 657. The van der Waals surface area contributed by atoms with Gasteiger partial charge in [0.15, 0.2) is 0 Å². The number of halogens is 2. The molecular weight excluding hydrogens is 339 g/mol. The average Bonchev–Trinajstić information content (AvgIpc) is 2.38. The average molecular weight is 353 g/mol. The zero-order valence-electron chi connectivity index (χ0n) is 11.0. The van der Waals surface area contributed by atoms with Gasteiger partial charge >= 0.3 is 5.97 Å². The third-order valence-corrected chi connectivity index (χ3v) is 5.40. The maximum absolute atomic E-state index is 12.3. The molecule has 1 aromatic rings. The molecule has 1 saturated heterocycles. The van der Waals surface area contributed by atoms with Gasteiger partial charge in [-0.2, -0.15) is 0 Å². The molecule has 9 heteroatoms. The van der Waals surface area contributed by atoms with E-state index in [-0.39, 0.29) is 14.9 Å². The monoisotopic (exact) mass is 352 g/mol. The van der Waals surface area contributed by atoms with Gasteiger partial charge in [0.2, 0.25) is 0 Å². The van der Waals surface area contributed by atoms with Gasteiger partial charge in [-0.1, -0.05) is 29.6 Å². The number of carboxylic acid groups (broad SMARTS) is 1. The summed E-state index contributed by atoms with van der Waals surface area (Å²) in [5.74, 6) is -1.37. The lowest BCUT2D eigenvalue weighted by Gasteiger charge is -2.26. The van der Waals surface area contributed by atoms with Crippen LogP contribution in [0.1, 0.15) is 29.6 Å². The van der Waals surface area contributed by atoms with Gasteiger partial charge in [-0.25, -0.2) is 18.2 Å². The molecular formula is C12H14Cl2N2O4S. The highest BCUT2D eigenvalue weighted by Gasteiger charge is 2.26. The van der Waals surface area contributed by atoms with E-state index >= 15 is 0 Å². The molecule has 0 saturated carbocycles. The minimum absolute atomic E-state index is 0.107. The summed E-state index contributed by atoms with van der Waals surface area (Å²) in [7, 11) is -3.94. The Morgan fingerprint density at radius 3 is 2.38 bits per heavy atom. The van der Waals surface area contributed by atoms with Gasteiger partial charge in [0.1, 0.15) is 4.90 Å². The number of carbonyl (C=O) groups is 1. The molecule has 0 unspecified atom stereocenters. The number of aromatic carboxylic acids is 1. The number of nitrogens with one attached hydrogen (secondary N) is 1. The lowest BCUT2D eigenvalue weighted by atomic mass is 10.2. The summed E-state index contributed by atoms with van der Waals surface area (Å²) in [6.45, 7) is 1.21. The maximum atomic E-state index is 12.3. The maximum Gasteiger partial charge on any atom is 0.338 e. The Morgan fingerprint density at radius 2 is 1.81 bits per heavy atom. The topological polar surface area (TPSA) is 86.7 Å². The van der Waals surface area contributed by atoms with Crippen molar-refractivity contribution in [1.29, 1.82) is 0 Å². The van der Waals surface area contributed by atoms with Gasteiger partial charge < -0.3 is 5.11 Å². The molecule has 6 nitrogen and oxygen atoms in total. The molecule has 1 heterocycles. The van der Waals surface area contributed by atoms with Crippen molar-refractivity contribution in [2.45, 2.75) is 24.2 Å². The van der Waals surface area contributed by atoms with Crippen LogP contribution < -0.4 is 4.83 Å². The molecule has 0 atom stereocenters. The van der Waals surface area contributed by atoms with Crippen LogP contribution >= 0.6 is 23.2 Å². The molecule has 1 aliphatic heterocycles. The molecule has 1 aromatic carbocycles.